The zero-order valence-electron chi connectivity index (χ0n) is 12.6. The molecule has 4 heteroatoms. The molecule has 0 bridgehead atoms. The summed E-state index contributed by atoms with van der Waals surface area (Å²) in [5.41, 5.74) is 2.95. The Kier molecular flexibility index (Phi) is 3.58. The van der Waals surface area contributed by atoms with E-state index in [1.165, 1.54) is 11.1 Å². The summed E-state index contributed by atoms with van der Waals surface area (Å²) in [4.78, 5) is 18.0. The number of nitrogens with one attached hydrogen (secondary N) is 1. The predicted octanol–water partition coefficient (Wildman–Crippen LogP) is 4.45. The Labute approximate surface area is 139 Å². The summed E-state index contributed by atoms with van der Waals surface area (Å²) in [5, 5.41) is 1.74. The molecule has 0 spiro atoms. The summed E-state index contributed by atoms with van der Waals surface area (Å²) in [5.74, 6) is 0.378. The van der Waals surface area contributed by atoms with Crippen LogP contribution in [0.15, 0.2) is 54.6 Å². The standard InChI is InChI=1S/C19H17ClN2O/c20-16-7-3-2-6-15(16)19(23)22-10-9-14(12-22)18-11-13-5-1-4-8-17(13)21-18/h1-8,11,14,21H,9-10,12H2. The van der Waals surface area contributed by atoms with Crippen LogP contribution in [0.2, 0.25) is 5.02 Å². The number of rotatable bonds is 2. The predicted molar refractivity (Wildman–Crippen MR) is 93.0 cm³/mol. The van der Waals surface area contributed by atoms with Crippen molar-refractivity contribution in [1.29, 1.82) is 0 Å². The van der Waals surface area contributed by atoms with Crippen molar-refractivity contribution in [3.8, 4) is 0 Å². The second-order valence-corrected chi connectivity index (χ2v) is 6.44. The summed E-state index contributed by atoms with van der Waals surface area (Å²) >= 11 is 6.15. The third-order valence-corrected chi connectivity index (χ3v) is 4.90. The molecule has 1 N–H and O–H groups in total. The van der Waals surface area contributed by atoms with Gasteiger partial charge in [-0.05, 0) is 36.1 Å². The minimum atomic E-state index is 0.0224. The van der Waals surface area contributed by atoms with Crippen molar-refractivity contribution < 1.29 is 4.79 Å². The largest absolute Gasteiger partial charge is 0.358 e. The molecule has 2 aromatic carbocycles. The van der Waals surface area contributed by atoms with E-state index in [1.54, 1.807) is 12.1 Å². The van der Waals surface area contributed by atoms with Gasteiger partial charge in [0.2, 0.25) is 0 Å². The number of carbonyl (C=O) groups is 1. The number of para-hydroxylation sites is 1. The third-order valence-electron chi connectivity index (χ3n) is 4.57. The van der Waals surface area contributed by atoms with Gasteiger partial charge in [0.15, 0.2) is 0 Å². The van der Waals surface area contributed by atoms with Crippen LogP contribution in [0, 0.1) is 0 Å². The molecule has 1 fully saturated rings. The molecule has 1 saturated heterocycles. The Hall–Kier alpha value is -2.26. The number of aromatic amines is 1. The number of benzene rings is 2. The van der Waals surface area contributed by atoms with Crippen molar-refractivity contribution in [2.45, 2.75) is 12.3 Å². The molecule has 1 aliphatic heterocycles. The van der Waals surface area contributed by atoms with Gasteiger partial charge < -0.3 is 9.88 Å². The van der Waals surface area contributed by atoms with Gasteiger partial charge in [-0.1, -0.05) is 41.9 Å². The molecule has 116 valence electrons. The Balaban J connectivity index is 1.55. The first-order valence-electron chi connectivity index (χ1n) is 7.84. The summed E-state index contributed by atoms with van der Waals surface area (Å²) in [7, 11) is 0. The number of likely N-dealkylation sites (tertiary alicyclic amines) is 1. The van der Waals surface area contributed by atoms with Crippen LogP contribution < -0.4 is 0 Å². The monoisotopic (exact) mass is 324 g/mol. The molecule has 0 aliphatic carbocycles. The number of H-pyrrole nitrogens is 1. The van der Waals surface area contributed by atoms with Crippen LogP contribution in [0.25, 0.3) is 10.9 Å². The van der Waals surface area contributed by atoms with Crippen molar-refractivity contribution in [2.24, 2.45) is 0 Å². The van der Waals surface area contributed by atoms with E-state index in [2.05, 4.69) is 23.2 Å². The van der Waals surface area contributed by atoms with Crippen molar-refractivity contribution in [1.82, 2.24) is 9.88 Å². The molecule has 3 aromatic rings. The summed E-state index contributed by atoms with van der Waals surface area (Å²) in [6, 6.07) is 17.7. The minimum absolute atomic E-state index is 0.0224. The molecule has 23 heavy (non-hydrogen) atoms. The Morgan fingerprint density at radius 2 is 1.91 bits per heavy atom. The first-order chi connectivity index (χ1) is 11.2. The highest BCUT2D eigenvalue weighted by molar-refractivity contribution is 6.33. The van der Waals surface area contributed by atoms with Gasteiger partial charge in [-0.25, -0.2) is 0 Å². The quantitative estimate of drug-likeness (QED) is 0.742. The van der Waals surface area contributed by atoms with E-state index in [9.17, 15) is 4.79 Å². The lowest BCUT2D eigenvalue weighted by atomic mass is 10.1. The summed E-state index contributed by atoms with van der Waals surface area (Å²) < 4.78 is 0. The molecule has 0 radical (unpaired) electrons. The van der Waals surface area contributed by atoms with Crippen molar-refractivity contribution in [2.75, 3.05) is 13.1 Å². The summed E-state index contributed by atoms with van der Waals surface area (Å²) in [6.45, 7) is 1.50. The fourth-order valence-corrected chi connectivity index (χ4v) is 3.54. The van der Waals surface area contributed by atoms with Crippen LogP contribution in [0.1, 0.15) is 28.4 Å². The molecular formula is C19H17ClN2O. The first-order valence-corrected chi connectivity index (χ1v) is 8.21. The van der Waals surface area contributed by atoms with Crippen molar-refractivity contribution >= 4 is 28.4 Å². The zero-order valence-corrected chi connectivity index (χ0v) is 13.4. The van der Waals surface area contributed by atoms with Gasteiger partial charge in [0.05, 0.1) is 10.6 Å². The van der Waals surface area contributed by atoms with E-state index < -0.39 is 0 Å². The van der Waals surface area contributed by atoms with Gasteiger partial charge in [-0.2, -0.15) is 0 Å². The number of amides is 1. The second kappa shape index (κ2) is 5.74. The molecule has 0 saturated carbocycles. The number of nitrogens with zero attached hydrogens (tertiary/aromatic N) is 1. The highest BCUT2D eigenvalue weighted by Gasteiger charge is 2.29. The lowest BCUT2D eigenvalue weighted by Gasteiger charge is -2.17. The number of hydrogen-bond acceptors (Lipinski definition) is 1. The van der Waals surface area contributed by atoms with Gasteiger partial charge in [-0.15, -0.1) is 0 Å². The van der Waals surface area contributed by atoms with Gasteiger partial charge in [0.25, 0.3) is 5.91 Å². The van der Waals surface area contributed by atoms with E-state index in [-0.39, 0.29) is 5.91 Å². The number of halogens is 1. The van der Waals surface area contributed by atoms with Gasteiger partial charge in [0.1, 0.15) is 0 Å². The molecule has 2 heterocycles. The third kappa shape index (κ3) is 2.62. The zero-order chi connectivity index (χ0) is 15.8. The molecule has 1 aliphatic rings. The molecule has 1 unspecified atom stereocenters. The smallest absolute Gasteiger partial charge is 0.255 e. The fourth-order valence-electron chi connectivity index (χ4n) is 3.32. The highest BCUT2D eigenvalue weighted by atomic mass is 35.5. The molecule has 1 aromatic heterocycles. The lowest BCUT2D eigenvalue weighted by molar-refractivity contribution is 0.0791. The van der Waals surface area contributed by atoms with Gasteiger partial charge in [0, 0.05) is 30.2 Å². The minimum Gasteiger partial charge on any atom is -0.358 e. The molecule has 1 amide bonds. The highest BCUT2D eigenvalue weighted by Crippen LogP contribution is 2.30. The van der Waals surface area contributed by atoms with E-state index in [4.69, 9.17) is 11.6 Å². The van der Waals surface area contributed by atoms with E-state index in [0.717, 1.165) is 25.0 Å². The SMILES string of the molecule is O=C(c1ccccc1Cl)N1CCC(c2cc3ccccc3[nH]2)C1. The Morgan fingerprint density at radius 1 is 1.13 bits per heavy atom. The Bertz CT molecular complexity index is 837. The maximum Gasteiger partial charge on any atom is 0.255 e. The fraction of sp³-hybridized carbons (Fsp3) is 0.211. The molecule has 1 atom stereocenters. The lowest BCUT2D eigenvalue weighted by Crippen LogP contribution is -2.28. The van der Waals surface area contributed by atoms with Crippen LogP contribution in [0.5, 0.6) is 0 Å². The summed E-state index contributed by atoms with van der Waals surface area (Å²) in [6.07, 6.45) is 0.975. The number of carbonyl (C=O) groups excluding carboxylic acids is 1. The maximum absolute atomic E-state index is 12.6. The average molecular weight is 325 g/mol. The Morgan fingerprint density at radius 3 is 2.74 bits per heavy atom. The van der Waals surface area contributed by atoms with Crippen molar-refractivity contribution in [3.63, 3.8) is 0 Å². The molecule has 4 rings (SSSR count). The van der Waals surface area contributed by atoms with Gasteiger partial charge >= 0.3 is 0 Å². The maximum atomic E-state index is 12.6. The van der Waals surface area contributed by atoms with Crippen LogP contribution in [-0.2, 0) is 0 Å². The number of aromatic nitrogens is 1. The second-order valence-electron chi connectivity index (χ2n) is 6.03. The van der Waals surface area contributed by atoms with E-state index in [0.29, 0.717) is 16.5 Å². The van der Waals surface area contributed by atoms with Crippen LogP contribution in [-0.4, -0.2) is 28.9 Å². The van der Waals surface area contributed by atoms with Crippen LogP contribution >= 0.6 is 11.6 Å². The van der Waals surface area contributed by atoms with E-state index in [1.807, 2.05) is 29.2 Å². The topological polar surface area (TPSA) is 36.1 Å². The van der Waals surface area contributed by atoms with Crippen LogP contribution in [0.4, 0.5) is 0 Å². The molecule has 3 nitrogen and oxygen atoms in total. The van der Waals surface area contributed by atoms with Crippen LogP contribution in [0.3, 0.4) is 0 Å². The normalized spacial score (nSPS) is 17.8. The molecular weight excluding hydrogens is 308 g/mol. The van der Waals surface area contributed by atoms with Gasteiger partial charge in [-0.3, -0.25) is 4.79 Å². The number of hydrogen-bond donors (Lipinski definition) is 1. The van der Waals surface area contributed by atoms with E-state index >= 15 is 0 Å². The average Bonchev–Trinajstić information content (AvgIpc) is 3.21. The van der Waals surface area contributed by atoms with Crippen molar-refractivity contribution in [3.05, 3.63) is 70.9 Å². The number of fused-ring (bicyclic) bond motifs is 1. The first kappa shape index (κ1) is 14.3.